The van der Waals surface area contributed by atoms with Crippen LogP contribution in [0.5, 0.6) is 0 Å². The van der Waals surface area contributed by atoms with Crippen LogP contribution in [0.2, 0.25) is 0 Å². The molecule has 0 aliphatic heterocycles. The summed E-state index contributed by atoms with van der Waals surface area (Å²) in [4.78, 5) is 0. The van der Waals surface area contributed by atoms with E-state index in [0.717, 1.165) is 12.8 Å². The van der Waals surface area contributed by atoms with E-state index in [2.05, 4.69) is 26.0 Å². The summed E-state index contributed by atoms with van der Waals surface area (Å²) in [7, 11) is 0. The van der Waals surface area contributed by atoms with Gasteiger partial charge in [-0.25, -0.2) is 0 Å². The van der Waals surface area contributed by atoms with Gasteiger partial charge in [-0.2, -0.15) is 6.42 Å². The van der Waals surface area contributed by atoms with Crippen molar-refractivity contribution >= 4 is 23.1 Å². The topological polar surface area (TPSA) is 0 Å². The van der Waals surface area contributed by atoms with Crippen LogP contribution >= 0.6 is 0 Å². The van der Waals surface area contributed by atoms with Crippen molar-refractivity contribution in [2.24, 2.45) is 0 Å². The van der Waals surface area contributed by atoms with E-state index in [1.165, 1.54) is 19.3 Å². The quantitative estimate of drug-likeness (QED) is 0.217. The van der Waals surface area contributed by atoms with E-state index >= 15 is 0 Å². The van der Waals surface area contributed by atoms with Gasteiger partial charge in [-0.05, 0) is 6.42 Å². The molecule has 0 N–H and O–H groups in total. The number of unbranched alkanes of at least 4 members (excludes halogenated alkanes) is 3. The summed E-state index contributed by atoms with van der Waals surface area (Å²) in [5, 5.41) is 0. The van der Waals surface area contributed by atoms with Crippen LogP contribution in [0.15, 0.2) is 12.2 Å². The maximum atomic E-state index is 3.75. The van der Waals surface area contributed by atoms with Crippen LogP contribution in [0.25, 0.3) is 0 Å². The molecule has 0 fully saturated rings. The summed E-state index contributed by atoms with van der Waals surface area (Å²) in [5.74, 6) is 0. The predicted octanol–water partition coefficient (Wildman–Crippen LogP) is -0.0297. The van der Waals surface area contributed by atoms with Crippen LogP contribution in [0.3, 0.4) is 0 Å². The minimum absolute atomic E-state index is 0. The normalized spacial score (nSPS) is 8.91. The van der Waals surface area contributed by atoms with Gasteiger partial charge in [-0.15, -0.1) is 0 Å². The molecule has 0 radical (unpaired) electrons. The van der Waals surface area contributed by atoms with Gasteiger partial charge in [0.15, 0.2) is 0 Å². The molecule has 0 aliphatic rings. The zero-order chi connectivity index (χ0) is 6.95. The summed E-state index contributed by atoms with van der Waals surface area (Å²) < 4.78 is 0. The summed E-state index contributed by atoms with van der Waals surface area (Å²) in [5.41, 5.74) is 0. The van der Waals surface area contributed by atoms with E-state index in [-0.39, 0.29) is 47.0 Å². The van der Waals surface area contributed by atoms with E-state index in [1.54, 1.807) is 0 Å². The predicted molar refractivity (Wildman–Crippen MR) is 49.0 cm³/mol. The maximum absolute atomic E-state index is 3.75. The first-order valence-corrected chi connectivity index (χ1v) is 3.86. The van der Waals surface area contributed by atoms with Crippen molar-refractivity contribution in [2.75, 3.05) is 0 Å². The molecule has 0 heterocycles. The fourth-order valence-corrected chi connectivity index (χ4v) is 0.676. The Balaban J connectivity index is -0.000000320. The van der Waals surface area contributed by atoms with Crippen LogP contribution in [0.4, 0.5) is 0 Å². The standard InChI is InChI=1S/C9H17.HI.Mg/c1-3-5-7-9-8-6-4-2;;/h7,9H,1,3-6,8H2,2H3;1H;/q-1;;+2/p-1/b9-7-;;. The molecule has 0 aliphatic carbocycles. The van der Waals surface area contributed by atoms with Crippen molar-refractivity contribution in [1.82, 2.24) is 0 Å². The molecule has 62 valence electrons. The zero-order valence-corrected chi connectivity index (χ0v) is 11.1. The van der Waals surface area contributed by atoms with E-state index < -0.39 is 0 Å². The van der Waals surface area contributed by atoms with E-state index in [9.17, 15) is 0 Å². The molecule has 11 heavy (non-hydrogen) atoms. The molecule has 0 aromatic rings. The number of halogens is 1. The van der Waals surface area contributed by atoms with Gasteiger partial charge in [-0.1, -0.05) is 38.3 Å². The van der Waals surface area contributed by atoms with Gasteiger partial charge in [0.25, 0.3) is 0 Å². The Kier molecular flexibility index (Phi) is 28.6. The van der Waals surface area contributed by atoms with E-state index in [1.807, 2.05) is 0 Å². The number of rotatable bonds is 5. The van der Waals surface area contributed by atoms with Gasteiger partial charge in [0, 0.05) is 0 Å². The average molecular weight is 276 g/mol. The minimum atomic E-state index is 0. The Morgan fingerprint density at radius 2 is 1.73 bits per heavy atom. The molecule has 0 rings (SSSR count). The third kappa shape index (κ3) is 18.3. The Labute approximate surface area is 104 Å². The number of hydrogen-bond acceptors (Lipinski definition) is 0. The van der Waals surface area contributed by atoms with Crippen LogP contribution in [-0.2, 0) is 0 Å². The third-order valence-corrected chi connectivity index (χ3v) is 1.26. The largest absolute Gasteiger partial charge is 2.00 e. The van der Waals surface area contributed by atoms with Crippen LogP contribution < -0.4 is 24.0 Å². The molecule has 0 saturated carbocycles. The summed E-state index contributed by atoms with van der Waals surface area (Å²) >= 11 is 0. The van der Waals surface area contributed by atoms with Crippen LogP contribution in [0.1, 0.15) is 39.0 Å². The van der Waals surface area contributed by atoms with Crippen molar-refractivity contribution < 1.29 is 24.0 Å². The third-order valence-electron chi connectivity index (χ3n) is 1.26. The second kappa shape index (κ2) is 17.4. The van der Waals surface area contributed by atoms with Crippen molar-refractivity contribution in [3.05, 3.63) is 19.1 Å². The Morgan fingerprint density at radius 1 is 1.18 bits per heavy atom. The molecule has 2 heteroatoms. The first-order chi connectivity index (χ1) is 4.41. The van der Waals surface area contributed by atoms with Crippen molar-refractivity contribution in [3.8, 4) is 0 Å². The van der Waals surface area contributed by atoms with Gasteiger partial charge >= 0.3 is 23.1 Å². The molecule has 0 aromatic heterocycles. The fourth-order valence-electron chi connectivity index (χ4n) is 0.676. The Hall–Kier alpha value is 1.24. The van der Waals surface area contributed by atoms with E-state index in [4.69, 9.17) is 0 Å². The van der Waals surface area contributed by atoms with Crippen LogP contribution in [-0.4, -0.2) is 23.1 Å². The summed E-state index contributed by atoms with van der Waals surface area (Å²) in [6.45, 7) is 5.97. The molecular formula is C9H17IMg. The van der Waals surface area contributed by atoms with Gasteiger partial charge in [0.2, 0.25) is 0 Å². The van der Waals surface area contributed by atoms with Crippen molar-refractivity contribution in [1.29, 1.82) is 0 Å². The van der Waals surface area contributed by atoms with Gasteiger partial charge in [-0.3, -0.25) is 0 Å². The van der Waals surface area contributed by atoms with E-state index in [0.29, 0.717) is 0 Å². The SMILES string of the molecule is [CH2-]CC/C=C\CCCC.[I-].[Mg+2]. The molecular weight excluding hydrogens is 259 g/mol. The summed E-state index contributed by atoms with van der Waals surface area (Å²) in [6.07, 6.45) is 10.5. The first kappa shape index (κ1) is 18.1. The molecule has 0 aromatic carbocycles. The van der Waals surface area contributed by atoms with Crippen molar-refractivity contribution in [2.45, 2.75) is 39.0 Å². The molecule has 0 nitrogen and oxygen atoms in total. The zero-order valence-electron chi connectivity index (χ0n) is 7.48. The first-order valence-electron chi connectivity index (χ1n) is 3.86. The fraction of sp³-hybridized carbons (Fsp3) is 0.667. The number of hydrogen-bond donors (Lipinski definition) is 0. The second-order valence-corrected chi connectivity index (χ2v) is 2.26. The molecule has 0 bridgehead atoms. The Bertz CT molecular complexity index is 72.0. The monoisotopic (exact) mass is 276 g/mol. The number of allylic oxidation sites excluding steroid dienone is 2. The smallest absolute Gasteiger partial charge is 1.00 e. The minimum Gasteiger partial charge on any atom is -1.00 e. The average Bonchev–Trinajstić information content (AvgIpc) is 1.89. The van der Waals surface area contributed by atoms with Gasteiger partial charge in [0.05, 0.1) is 0 Å². The summed E-state index contributed by atoms with van der Waals surface area (Å²) in [6, 6.07) is 0. The van der Waals surface area contributed by atoms with Gasteiger partial charge in [0.1, 0.15) is 0 Å². The second-order valence-electron chi connectivity index (χ2n) is 2.26. The van der Waals surface area contributed by atoms with Crippen molar-refractivity contribution in [3.63, 3.8) is 0 Å². The molecule has 0 amide bonds. The van der Waals surface area contributed by atoms with Gasteiger partial charge < -0.3 is 30.9 Å². The molecule has 0 spiro atoms. The maximum Gasteiger partial charge on any atom is 2.00 e. The molecule has 0 unspecified atom stereocenters. The van der Waals surface area contributed by atoms with Crippen LogP contribution in [0, 0.1) is 6.92 Å². The Morgan fingerprint density at radius 3 is 2.18 bits per heavy atom. The molecule has 0 saturated heterocycles. The molecule has 0 atom stereocenters.